The van der Waals surface area contributed by atoms with Gasteiger partial charge in [0.15, 0.2) is 11.5 Å². The average Bonchev–Trinajstić information content (AvgIpc) is 2.73. The number of fused-ring (bicyclic) bond motifs is 1. The molecule has 3 nitrogen and oxygen atoms in total. The van der Waals surface area contributed by atoms with E-state index in [0.29, 0.717) is 17.0 Å². The largest absolute Gasteiger partial charge is 0.212 e. The molecular formula is C15H20ClN3. The number of hydrogen-bond donors (Lipinski definition) is 0. The highest BCUT2D eigenvalue weighted by Gasteiger charge is 2.22. The first-order valence-corrected chi connectivity index (χ1v) is 7.66. The van der Waals surface area contributed by atoms with E-state index in [4.69, 9.17) is 11.6 Å². The van der Waals surface area contributed by atoms with Gasteiger partial charge in [-0.25, -0.2) is 9.50 Å². The molecule has 2 heterocycles. The van der Waals surface area contributed by atoms with Crippen molar-refractivity contribution in [1.29, 1.82) is 0 Å². The third kappa shape index (κ3) is 2.25. The summed E-state index contributed by atoms with van der Waals surface area (Å²) >= 11 is 6.35. The Bertz CT molecular complexity index is 582. The molecule has 0 aromatic carbocycles. The van der Waals surface area contributed by atoms with Crippen LogP contribution in [0.25, 0.3) is 5.65 Å². The molecule has 19 heavy (non-hydrogen) atoms. The molecular weight excluding hydrogens is 258 g/mol. The van der Waals surface area contributed by atoms with Crippen molar-refractivity contribution in [3.8, 4) is 0 Å². The molecule has 1 aliphatic rings. The van der Waals surface area contributed by atoms with Crippen molar-refractivity contribution >= 4 is 17.2 Å². The van der Waals surface area contributed by atoms with Crippen molar-refractivity contribution in [3.05, 3.63) is 28.7 Å². The number of aromatic nitrogens is 3. The molecule has 1 fully saturated rings. The van der Waals surface area contributed by atoms with Crippen molar-refractivity contribution in [3.63, 3.8) is 0 Å². The Kier molecular flexibility index (Phi) is 3.48. The number of hydrogen-bond acceptors (Lipinski definition) is 2. The highest BCUT2D eigenvalue weighted by molar-refractivity contribution is 6.29. The second kappa shape index (κ2) is 5.12. The maximum Gasteiger partial charge on any atom is 0.157 e. The molecule has 2 aromatic heterocycles. The Labute approximate surface area is 119 Å². The lowest BCUT2D eigenvalue weighted by Crippen LogP contribution is -2.09. The molecule has 2 aromatic rings. The molecule has 0 saturated heterocycles. The first-order valence-electron chi connectivity index (χ1n) is 7.29. The van der Waals surface area contributed by atoms with E-state index in [2.05, 4.69) is 36.1 Å². The molecule has 0 unspecified atom stereocenters. The Morgan fingerprint density at radius 2 is 2.05 bits per heavy atom. The molecule has 102 valence electrons. The van der Waals surface area contributed by atoms with Crippen LogP contribution >= 0.6 is 11.6 Å². The lowest BCUT2D eigenvalue weighted by Gasteiger charge is -2.25. The van der Waals surface area contributed by atoms with E-state index in [1.807, 2.05) is 0 Å². The predicted octanol–water partition coefficient (Wildman–Crippen LogP) is 4.55. The van der Waals surface area contributed by atoms with Crippen LogP contribution in [0.2, 0.25) is 5.15 Å². The third-order valence-corrected chi connectivity index (χ3v) is 4.63. The number of nitrogens with zero attached hydrogens (tertiary/aromatic N) is 3. The zero-order valence-corrected chi connectivity index (χ0v) is 12.3. The highest BCUT2D eigenvalue weighted by Crippen LogP contribution is 2.37. The Morgan fingerprint density at radius 1 is 1.32 bits per heavy atom. The number of halogens is 1. The van der Waals surface area contributed by atoms with Gasteiger partial charge >= 0.3 is 0 Å². The van der Waals surface area contributed by atoms with Crippen molar-refractivity contribution in [2.75, 3.05) is 0 Å². The van der Waals surface area contributed by atoms with Crippen LogP contribution in [0, 0.1) is 0 Å². The Hall–Kier alpha value is -1.09. The number of rotatable bonds is 4. The van der Waals surface area contributed by atoms with Crippen LogP contribution in [0.1, 0.15) is 69.2 Å². The molecule has 1 saturated carbocycles. The zero-order valence-electron chi connectivity index (χ0n) is 11.6. The van der Waals surface area contributed by atoms with Crippen LogP contribution in [0.3, 0.4) is 0 Å². The Balaban J connectivity index is 2.03. The summed E-state index contributed by atoms with van der Waals surface area (Å²) in [6.45, 7) is 4.36. The Morgan fingerprint density at radius 3 is 2.63 bits per heavy atom. The van der Waals surface area contributed by atoms with Gasteiger partial charge in [-0.15, -0.1) is 5.10 Å². The fourth-order valence-corrected chi connectivity index (χ4v) is 3.04. The van der Waals surface area contributed by atoms with Gasteiger partial charge in [0.25, 0.3) is 0 Å². The quantitative estimate of drug-likeness (QED) is 0.767. The predicted molar refractivity (Wildman–Crippen MR) is 77.9 cm³/mol. The second-order valence-corrected chi connectivity index (χ2v) is 5.88. The lowest BCUT2D eigenvalue weighted by molar-refractivity contribution is 0.419. The summed E-state index contributed by atoms with van der Waals surface area (Å²) in [5, 5.41) is 5.26. The van der Waals surface area contributed by atoms with Crippen LogP contribution < -0.4 is 0 Å². The topological polar surface area (TPSA) is 30.2 Å². The normalized spacial score (nSPS) is 16.2. The maximum absolute atomic E-state index is 6.35. The first-order chi connectivity index (χ1) is 9.22. The van der Waals surface area contributed by atoms with Crippen molar-refractivity contribution in [2.24, 2.45) is 0 Å². The van der Waals surface area contributed by atoms with Gasteiger partial charge in [0.1, 0.15) is 5.15 Å². The van der Waals surface area contributed by atoms with Crippen molar-refractivity contribution in [1.82, 2.24) is 14.6 Å². The molecule has 0 spiro atoms. The van der Waals surface area contributed by atoms with E-state index in [1.54, 1.807) is 4.52 Å². The summed E-state index contributed by atoms with van der Waals surface area (Å²) < 4.78 is 1.78. The maximum atomic E-state index is 6.35. The summed E-state index contributed by atoms with van der Waals surface area (Å²) in [5.74, 6) is 2.04. The van der Waals surface area contributed by atoms with Gasteiger partial charge in [0, 0.05) is 5.92 Å². The molecule has 0 N–H and O–H groups in total. The molecule has 0 atom stereocenters. The zero-order chi connectivity index (χ0) is 13.4. The van der Waals surface area contributed by atoms with Crippen molar-refractivity contribution in [2.45, 2.75) is 57.8 Å². The van der Waals surface area contributed by atoms with E-state index >= 15 is 0 Å². The molecule has 0 aliphatic heterocycles. The first kappa shape index (κ1) is 12.9. The SMILES string of the molecule is CCC(CC)c1nc2cc(C3CCC3)cc(Cl)n2n1. The van der Waals surface area contributed by atoms with Gasteiger partial charge in [0.05, 0.1) is 0 Å². The van der Waals surface area contributed by atoms with Gasteiger partial charge in [-0.3, -0.25) is 0 Å². The summed E-state index contributed by atoms with van der Waals surface area (Å²) in [7, 11) is 0. The monoisotopic (exact) mass is 277 g/mol. The fourth-order valence-electron chi connectivity index (χ4n) is 2.78. The summed E-state index contributed by atoms with van der Waals surface area (Å²) in [6.07, 6.45) is 6.03. The summed E-state index contributed by atoms with van der Waals surface area (Å²) in [6, 6.07) is 4.22. The van der Waals surface area contributed by atoms with Crippen LogP contribution in [0.15, 0.2) is 12.1 Å². The molecule has 3 rings (SSSR count). The third-order valence-electron chi connectivity index (χ3n) is 4.36. The van der Waals surface area contributed by atoms with Gasteiger partial charge in [0.2, 0.25) is 0 Å². The van der Waals surface area contributed by atoms with Gasteiger partial charge in [-0.1, -0.05) is 31.9 Å². The van der Waals surface area contributed by atoms with E-state index in [1.165, 1.54) is 24.8 Å². The molecule has 4 heteroatoms. The van der Waals surface area contributed by atoms with Gasteiger partial charge in [-0.2, -0.15) is 0 Å². The second-order valence-electron chi connectivity index (χ2n) is 5.49. The minimum absolute atomic E-state index is 0.433. The van der Waals surface area contributed by atoms with Gasteiger partial charge in [-0.05, 0) is 49.3 Å². The molecule has 0 radical (unpaired) electrons. The van der Waals surface area contributed by atoms with E-state index in [9.17, 15) is 0 Å². The smallest absolute Gasteiger partial charge is 0.157 e. The molecule has 1 aliphatic carbocycles. The molecule has 0 amide bonds. The van der Waals surface area contributed by atoms with Gasteiger partial charge < -0.3 is 0 Å². The fraction of sp³-hybridized carbons (Fsp3) is 0.600. The minimum atomic E-state index is 0.433. The average molecular weight is 278 g/mol. The van der Waals surface area contributed by atoms with Crippen LogP contribution in [-0.2, 0) is 0 Å². The summed E-state index contributed by atoms with van der Waals surface area (Å²) in [5.41, 5.74) is 2.23. The minimum Gasteiger partial charge on any atom is -0.212 e. The highest BCUT2D eigenvalue weighted by atomic mass is 35.5. The van der Waals surface area contributed by atoms with Crippen LogP contribution in [0.5, 0.6) is 0 Å². The standard InChI is InChI=1S/C15H20ClN3/c1-3-10(4-2)15-17-14-9-12(11-6-5-7-11)8-13(16)19(14)18-15/h8-11H,3-7H2,1-2H3. The lowest BCUT2D eigenvalue weighted by atomic mass is 9.80. The molecule has 0 bridgehead atoms. The van der Waals surface area contributed by atoms with E-state index in [-0.39, 0.29) is 0 Å². The number of pyridine rings is 1. The van der Waals surface area contributed by atoms with E-state index < -0.39 is 0 Å². The van der Waals surface area contributed by atoms with E-state index in [0.717, 1.165) is 24.3 Å². The summed E-state index contributed by atoms with van der Waals surface area (Å²) in [4.78, 5) is 4.68. The van der Waals surface area contributed by atoms with Crippen LogP contribution in [-0.4, -0.2) is 14.6 Å². The van der Waals surface area contributed by atoms with Crippen LogP contribution in [0.4, 0.5) is 0 Å². The van der Waals surface area contributed by atoms with Crippen molar-refractivity contribution < 1.29 is 0 Å².